The summed E-state index contributed by atoms with van der Waals surface area (Å²) in [5.41, 5.74) is 0. The third kappa shape index (κ3) is 2.14. The van der Waals surface area contributed by atoms with E-state index in [1.54, 1.807) is 13.4 Å². The number of piperidine rings is 1. The van der Waals surface area contributed by atoms with Crippen LogP contribution in [0.2, 0.25) is 0 Å². The standard InChI is InChI=1S/C15H21N3O2/c1-19-14-6-13(16-9-17-14)18-7-11-4-5-12(18)15(11)20-8-10-2-3-10/h6,9-12,15H,2-5,7-8H2,1H3. The third-order valence-corrected chi connectivity index (χ3v) is 4.86. The second-order valence-electron chi connectivity index (χ2n) is 6.22. The average molecular weight is 275 g/mol. The van der Waals surface area contributed by atoms with E-state index in [1.807, 2.05) is 6.07 Å². The number of aromatic nitrogens is 2. The Hall–Kier alpha value is -1.36. The highest BCUT2D eigenvalue weighted by atomic mass is 16.5. The van der Waals surface area contributed by atoms with Gasteiger partial charge in [-0.15, -0.1) is 0 Å². The largest absolute Gasteiger partial charge is 0.481 e. The van der Waals surface area contributed by atoms with Gasteiger partial charge in [-0.05, 0) is 31.6 Å². The molecule has 3 aliphatic rings. The van der Waals surface area contributed by atoms with Gasteiger partial charge in [-0.2, -0.15) is 0 Å². The number of hydrogen-bond donors (Lipinski definition) is 0. The van der Waals surface area contributed by atoms with Gasteiger partial charge in [0, 0.05) is 25.1 Å². The van der Waals surface area contributed by atoms with Crippen molar-refractivity contribution in [3.05, 3.63) is 12.4 Å². The fourth-order valence-corrected chi connectivity index (χ4v) is 3.58. The molecule has 2 aliphatic carbocycles. The Morgan fingerprint density at radius 3 is 2.95 bits per heavy atom. The Labute approximate surface area is 119 Å². The summed E-state index contributed by atoms with van der Waals surface area (Å²) in [6, 6.07) is 2.41. The van der Waals surface area contributed by atoms with Gasteiger partial charge in [-0.1, -0.05) is 0 Å². The van der Waals surface area contributed by atoms with Gasteiger partial charge in [0.2, 0.25) is 5.88 Å². The van der Waals surface area contributed by atoms with Crippen molar-refractivity contribution in [3.8, 4) is 5.88 Å². The molecule has 5 heteroatoms. The van der Waals surface area contributed by atoms with Crippen LogP contribution in [0.1, 0.15) is 25.7 Å². The summed E-state index contributed by atoms with van der Waals surface area (Å²) in [5.74, 6) is 3.11. The minimum atomic E-state index is 0.400. The molecule has 2 heterocycles. The van der Waals surface area contributed by atoms with Crippen molar-refractivity contribution in [1.82, 2.24) is 9.97 Å². The molecule has 1 saturated heterocycles. The summed E-state index contributed by atoms with van der Waals surface area (Å²) in [6.45, 7) is 2.01. The molecule has 0 N–H and O–H groups in total. The highest BCUT2D eigenvalue weighted by molar-refractivity contribution is 5.45. The second kappa shape index (κ2) is 4.88. The van der Waals surface area contributed by atoms with Crippen LogP contribution in [0.4, 0.5) is 5.82 Å². The smallest absolute Gasteiger partial charge is 0.218 e. The lowest BCUT2D eigenvalue weighted by molar-refractivity contribution is 0.0323. The van der Waals surface area contributed by atoms with Gasteiger partial charge < -0.3 is 14.4 Å². The normalized spacial score (nSPS) is 31.9. The monoisotopic (exact) mass is 275 g/mol. The molecule has 3 unspecified atom stereocenters. The van der Waals surface area contributed by atoms with Gasteiger partial charge >= 0.3 is 0 Å². The van der Waals surface area contributed by atoms with Crippen LogP contribution in [0.3, 0.4) is 0 Å². The SMILES string of the molecule is COc1cc(N2CC3CCC2C3OCC2CC2)ncn1. The van der Waals surface area contributed by atoms with E-state index in [0.29, 0.717) is 23.9 Å². The summed E-state index contributed by atoms with van der Waals surface area (Å²) < 4.78 is 11.4. The van der Waals surface area contributed by atoms with Crippen molar-refractivity contribution < 1.29 is 9.47 Å². The first-order valence-electron chi connectivity index (χ1n) is 7.59. The van der Waals surface area contributed by atoms with Crippen molar-refractivity contribution in [1.29, 1.82) is 0 Å². The molecule has 0 spiro atoms. The van der Waals surface area contributed by atoms with E-state index >= 15 is 0 Å². The number of rotatable bonds is 5. The average Bonchev–Trinajstić information content (AvgIpc) is 3.18. The molecule has 2 bridgehead atoms. The van der Waals surface area contributed by atoms with Gasteiger partial charge in [0.25, 0.3) is 0 Å². The number of nitrogens with zero attached hydrogens (tertiary/aromatic N) is 3. The number of methoxy groups -OCH3 is 1. The lowest BCUT2D eigenvalue weighted by atomic mass is 10.1. The van der Waals surface area contributed by atoms with Crippen LogP contribution in [0.15, 0.2) is 12.4 Å². The molecule has 0 aromatic carbocycles. The predicted molar refractivity (Wildman–Crippen MR) is 74.9 cm³/mol. The van der Waals surface area contributed by atoms with E-state index < -0.39 is 0 Å². The maximum absolute atomic E-state index is 6.21. The molecular weight excluding hydrogens is 254 g/mol. The summed E-state index contributed by atoms with van der Waals surface area (Å²) in [4.78, 5) is 10.9. The predicted octanol–water partition coefficient (Wildman–Crippen LogP) is 1.88. The minimum Gasteiger partial charge on any atom is -0.481 e. The third-order valence-electron chi connectivity index (χ3n) is 4.86. The quantitative estimate of drug-likeness (QED) is 0.821. The van der Waals surface area contributed by atoms with Gasteiger partial charge in [-0.3, -0.25) is 0 Å². The van der Waals surface area contributed by atoms with E-state index in [9.17, 15) is 0 Å². The van der Waals surface area contributed by atoms with Crippen molar-refractivity contribution in [2.24, 2.45) is 11.8 Å². The van der Waals surface area contributed by atoms with E-state index in [1.165, 1.54) is 25.7 Å². The van der Waals surface area contributed by atoms with E-state index in [2.05, 4.69) is 14.9 Å². The molecule has 1 aliphatic heterocycles. The highest BCUT2D eigenvalue weighted by Gasteiger charge is 2.48. The maximum atomic E-state index is 6.21. The fourth-order valence-electron chi connectivity index (χ4n) is 3.58. The first kappa shape index (κ1) is 12.4. The van der Waals surface area contributed by atoms with Crippen LogP contribution in [-0.2, 0) is 4.74 Å². The van der Waals surface area contributed by atoms with Crippen LogP contribution in [0.25, 0.3) is 0 Å². The number of anilines is 1. The Morgan fingerprint density at radius 2 is 2.15 bits per heavy atom. The topological polar surface area (TPSA) is 47.5 Å². The summed E-state index contributed by atoms with van der Waals surface area (Å²) >= 11 is 0. The molecule has 3 fully saturated rings. The Balaban J connectivity index is 1.49. The Bertz CT molecular complexity index is 492. The van der Waals surface area contributed by atoms with Crippen LogP contribution in [0, 0.1) is 11.8 Å². The second-order valence-corrected chi connectivity index (χ2v) is 6.22. The van der Waals surface area contributed by atoms with Gasteiger partial charge in [0.15, 0.2) is 0 Å². The highest BCUT2D eigenvalue weighted by Crippen LogP contribution is 2.43. The molecule has 1 aromatic rings. The molecule has 2 saturated carbocycles. The van der Waals surface area contributed by atoms with Crippen LogP contribution in [0.5, 0.6) is 5.88 Å². The molecule has 0 amide bonds. The molecule has 3 atom stereocenters. The molecule has 4 rings (SSSR count). The Kier molecular flexibility index (Phi) is 3.02. The lowest BCUT2D eigenvalue weighted by Gasteiger charge is -2.28. The minimum absolute atomic E-state index is 0.400. The molecule has 5 nitrogen and oxygen atoms in total. The summed E-state index contributed by atoms with van der Waals surface area (Å²) in [6.07, 6.45) is 7.20. The van der Waals surface area contributed by atoms with Crippen LogP contribution >= 0.6 is 0 Å². The van der Waals surface area contributed by atoms with Crippen molar-refractivity contribution in [3.63, 3.8) is 0 Å². The molecule has 0 radical (unpaired) electrons. The molecule has 108 valence electrons. The molecule has 20 heavy (non-hydrogen) atoms. The lowest BCUT2D eigenvalue weighted by Crippen LogP contribution is -2.36. The molecular formula is C15H21N3O2. The van der Waals surface area contributed by atoms with Gasteiger partial charge in [-0.25, -0.2) is 9.97 Å². The summed E-state index contributed by atoms with van der Waals surface area (Å²) in [5, 5.41) is 0. The van der Waals surface area contributed by atoms with Crippen LogP contribution < -0.4 is 9.64 Å². The first-order valence-corrected chi connectivity index (χ1v) is 7.59. The van der Waals surface area contributed by atoms with Gasteiger partial charge in [0.05, 0.1) is 19.3 Å². The van der Waals surface area contributed by atoms with Crippen molar-refractivity contribution >= 4 is 5.82 Å². The van der Waals surface area contributed by atoms with Crippen molar-refractivity contribution in [2.75, 3.05) is 25.2 Å². The number of hydrogen-bond acceptors (Lipinski definition) is 5. The van der Waals surface area contributed by atoms with E-state index in [-0.39, 0.29) is 0 Å². The zero-order valence-electron chi connectivity index (χ0n) is 11.9. The zero-order chi connectivity index (χ0) is 13.5. The van der Waals surface area contributed by atoms with E-state index in [4.69, 9.17) is 9.47 Å². The summed E-state index contributed by atoms with van der Waals surface area (Å²) in [7, 11) is 1.64. The number of fused-ring (bicyclic) bond motifs is 2. The van der Waals surface area contributed by atoms with E-state index in [0.717, 1.165) is 24.9 Å². The van der Waals surface area contributed by atoms with Crippen LogP contribution in [-0.4, -0.2) is 42.4 Å². The number of ether oxygens (including phenoxy) is 2. The Morgan fingerprint density at radius 1 is 1.25 bits per heavy atom. The fraction of sp³-hybridized carbons (Fsp3) is 0.733. The first-order chi connectivity index (χ1) is 9.85. The van der Waals surface area contributed by atoms with Gasteiger partial charge in [0.1, 0.15) is 12.1 Å². The zero-order valence-corrected chi connectivity index (χ0v) is 11.9. The van der Waals surface area contributed by atoms with Crippen molar-refractivity contribution in [2.45, 2.75) is 37.8 Å². The molecule has 1 aromatic heterocycles. The maximum Gasteiger partial charge on any atom is 0.218 e.